The van der Waals surface area contributed by atoms with Gasteiger partial charge >= 0.3 is 60.1 Å². The molecule has 0 aromatic heterocycles. The normalized spacial score (nSPS) is 3.28. The van der Waals surface area contributed by atoms with Crippen molar-refractivity contribution in [2.24, 2.45) is 0 Å². The van der Waals surface area contributed by atoms with Gasteiger partial charge in [0.25, 0.3) is 0 Å². The molecular weight excluding hydrogens is 354 g/mol. The molecule has 0 bridgehead atoms. The fraction of sp³-hybridized carbons (Fsp3) is 0. The van der Waals surface area contributed by atoms with Crippen LogP contribution >= 0.6 is 0 Å². The minimum absolute atomic E-state index is 0. The van der Waals surface area contributed by atoms with Crippen LogP contribution in [-0.4, -0.2) is 122 Å². The summed E-state index contributed by atoms with van der Waals surface area (Å²) in [5.41, 5.74) is 0. The third kappa shape index (κ3) is 7230. The standard InChI is InChI=1S/AsH3O4.Na.12H2O.H/c2-1(3,4)5;;;;;;;;;;;;;;/h(H3,2,3,4,5);;12*1H2;. The van der Waals surface area contributed by atoms with Crippen LogP contribution in [0.1, 0.15) is 0 Å². The predicted molar refractivity (Wildman–Crippen MR) is 63.6 cm³/mol. The van der Waals surface area contributed by atoms with Crippen LogP contribution < -0.4 is 0 Å². The van der Waals surface area contributed by atoms with Gasteiger partial charge in [-0.25, -0.2) is 0 Å². The van der Waals surface area contributed by atoms with E-state index in [1.165, 1.54) is 0 Å². The summed E-state index contributed by atoms with van der Waals surface area (Å²) in [4.78, 5) is 0. The Bertz CT molecular complexity index is 57.2. The third-order valence-corrected chi connectivity index (χ3v) is 0. The van der Waals surface area contributed by atoms with E-state index in [9.17, 15) is 0 Å². The average molecular weight is 382 g/mol. The molecule has 18 heteroatoms. The Kier molecular flexibility index (Phi) is 1580. The van der Waals surface area contributed by atoms with Crippen molar-refractivity contribution in [2.75, 3.05) is 0 Å². The topological polar surface area (TPSA) is 456 Å². The van der Waals surface area contributed by atoms with E-state index in [0.717, 1.165) is 0 Å². The van der Waals surface area contributed by atoms with E-state index in [4.69, 9.17) is 16.0 Å². The summed E-state index contributed by atoms with van der Waals surface area (Å²) < 4.78 is 30.7. The summed E-state index contributed by atoms with van der Waals surface area (Å²) in [6, 6.07) is 0. The second-order valence-electron chi connectivity index (χ2n) is 0.513. The van der Waals surface area contributed by atoms with Gasteiger partial charge in [0, 0.05) is 0 Å². The summed E-state index contributed by atoms with van der Waals surface area (Å²) in [7, 11) is 0. The quantitative estimate of drug-likeness (QED) is 0.343. The van der Waals surface area contributed by atoms with Crippen LogP contribution in [0.25, 0.3) is 0 Å². The first kappa shape index (κ1) is 261. The Balaban J connectivity index is -0.00000000103. The van der Waals surface area contributed by atoms with Crippen molar-refractivity contribution >= 4 is 44.1 Å². The van der Waals surface area contributed by atoms with Gasteiger partial charge in [0.1, 0.15) is 0 Å². The molecule has 0 aromatic carbocycles. The van der Waals surface area contributed by atoms with Gasteiger partial charge in [-0.2, -0.15) is 0 Å². The Morgan fingerprint density at radius 1 is 0.444 bits per heavy atom. The van der Waals surface area contributed by atoms with Crippen molar-refractivity contribution in [1.82, 2.24) is 0 Å². The van der Waals surface area contributed by atoms with Crippen molar-refractivity contribution in [3.8, 4) is 0 Å². The minimum atomic E-state index is -5.12. The fourth-order valence-electron chi connectivity index (χ4n) is 0. The molecule has 0 spiro atoms. The molecule has 16 nitrogen and oxygen atoms in total. The molecule has 0 atom stereocenters. The van der Waals surface area contributed by atoms with E-state index in [1.807, 2.05) is 0 Å². The van der Waals surface area contributed by atoms with Gasteiger partial charge in [-0.3, -0.25) is 0 Å². The van der Waals surface area contributed by atoms with Gasteiger partial charge in [0.15, 0.2) is 0 Å². The predicted octanol–water partition coefficient (Wildman–Crippen LogP) is -12.7. The zero-order chi connectivity index (χ0) is 4.50. The van der Waals surface area contributed by atoms with Crippen molar-refractivity contribution in [2.45, 2.75) is 0 Å². The van der Waals surface area contributed by atoms with Crippen molar-refractivity contribution in [3.63, 3.8) is 0 Å². The van der Waals surface area contributed by atoms with Gasteiger partial charge in [-0.05, 0) is 0 Å². The molecule has 0 rings (SSSR count). The van der Waals surface area contributed by atoms with Crippen LogP contribution in [-0.2, 0) is 3.74 Å². The maximum absolute atomic E-state index is 8.94. The number of hydrogen-bond acceptors (Lipinski definition) is 1. The van der Waals surface area contributed by atoms with Crippen LogP contribution in [0.2, 0.25) is 0 Å². The molecule has 0 radical (unpaired) electrons. The van der Waals surface area contributed by atoms with Gasteiger partial charge in [0.05, 0.1) is 0 Å². The van der Waals surface area contributed by atoms with Gasteiger partial charge in [-0.1, -0.05) is 0 Å². The second-order valence-corrected chi connectivity index (χ2v) is 2.67. The Morgan fingerprint density at radius 3 is 0.444 bits per heavy atom. The van der Waals surface area contributed by atoms with Crippen molar-refractivity contribution in [3.05, 3.63) is 0 Å². The maximum atomic E-state index is 8.94. The SMILES string of the molecule is O.O.O.O.O.O.O.O.O.O.O.O.O=[As](O)(O)O.[NaH]. The first-order valence-electron chi connectivity index (χ1n) is 0.783. The molecule has 0 aliphatic heterocycles. The molecule has 0 heterocycles. The Hall–Kier alpha value is 0.758. The molecule has 130 valence electrons. The number of hydrogen-bond donors (Lipinski definition) is 3. The monoisotopic (exact) mass is 382 g/mol. The Labute approximate surface area is 126 Å². The molecule has 0 saturated carbocycles. The summed E-state index contributed by atoms with van der Waals surface area (Å²) in [6.07, 6.45) is 0. The van der Waals surface area contributed by atoms with Crippen molar-refractivity contribution < 1.29 is 81.7 Å². The van der Waals surface area contributed by atoms with E-state index >= 15 is 0 Å². The average Bonchev–Trinajstić information content (AvgIpc) is 0.722. The molecule has 0 aliphatic rings. The van der Waals surface area contributed by atoms with Crippen LogP contribution in [0, 0.1) is 0 Å². The first-order chi connectivity index (χ1) is 2.00. The van der Waals surface area contributed by atoms with Crippen LogP contribution in [0.5, 0.6) is 0 Å². The van der Waals surface area contributed by atoms with Gasteiger partial charge in [-0.15, -0.1) is 0 Å². The zero-order valence-electron chi connectivity index (χ0n) is 8.20. The molecule has 0 amide bonds. The van der Waals surface area contributed by atoms with Crippen LogP contribution in [0.4, 0.5) is 0 Å². The van der Waals surface area contributed by atoms with Gasteiger partial charge < -0.3 is 65.7 Å². The van der Waals surface area contributed by atoms with Crippen LogP contribution in [0.15, 0.2) is 0 Å². The molecule has 0 unspecified atom stereocenters. The summed E-state index contributed by atoms with van der Waals surface area (Å²) >= 11 is -5.12. The first-order valence-corrected chi connectivity index (χ1v) is 4.07. The Morgan fingerprint density at radius 2 is 0.444 bits per heavy atom. The van der Waals surface area contributed by atoms with E-state index in [2.05, 4.69) is 0 Å². The van der Waals surface area contributed by atoms with E-state index < -0.39 is 14.5 Å². The molecule has 0 aromatic rings. The van der Waals surface area contributed by atoms with Crippen LogP contribution in [0.3, 0.4) is 0 Å². The van der Waals surface area contributed by atoms with E-state index in [1.54, 1.807) is 0 Å². The molecular formula is H28AsNaO16. The molecule has 18 heavy (non-hydrogen) atoms. The second kappa shape index (κ2) is 109. The summed E-state index contributed by atoms with van der Waals surface area (Å²) in [6.45, 7) is 0. The molecule has 27 N–H and O–H groups in total. The molecule has 0 aliphatic carbocycles. The van der Waals surface area contributed by atoms with E-state index in [0.29, 0.717) is 0 Å². The zero-order valence-corrected chi connectivity index (χ0v) is 10.1. The molecule has 0 saturated heterocycles. The molecule has 0 fully saturated rings. The fourth-order valence-corrected chi connectivity index (χ4v) is 0. The van der Waals surface area contributed by atoms with E-state index in [-0.39, 0.29) is 95.3 Å². The van der Waals surface area contributed by atoms with Crippen molar-refractivity contribution in [1.29, 1.82) is 0 Å². The summed E-state index contributed by atoms with van der Waals surface area (Å²) in [5, 5.41) is 0. The third-order valence-electron chi connectivity index (χ3n) is 0. The number of rotatable bonds is 0. The summed E-state index contributed by atoms with van der Waals surface area (Å²) in [5.74, 6) is 0. The van der Waals surface area contributed by atoms with Gasteiger partial charge in [0.2, 0.25) is 0 Å².